The van der Waals surface area contributed by atoms with Crippen molar-refractivity contribution >= 4 is 51.4 Å². The van der Waals surface area contributed by atoms with Crippen LogP contribution in [-0.4, -0.2) is 25.1 Å². The average molecular weight is 402 g/mol. The quantitative estimate of drug-likeness (QED) is 0.675. The molecule has 2 rings (SSSR count). The Balaban J connectivity index is 2.04. The van der Waals surface area contributed by atoms with Gasteiger partial charge in [-0.25, -0.2) is 4.79 Å². The van der Waals surface area contributed by atoms with E-state index in [-0.39, 0.29) is 13.2 Å². The molecule has 1 amide bonds. The Morgan fingerprint density at radius 2 is 1.96 bits per heavy atom. The maximum Gasteiger partial charge on any atom is 0.341 e. The molecule has 0 aliphatic carbocycles. The van der Waals surface area contributed by atoms with Crippen molar-refractivity contribution in [2.45, 2.75) is 20.3 Å². The van der Waals surface area contributed by atoms with Gasteiger partial charge >= 0.3 is 5.97 Å². The predicted octanol–water partition coefficient (Wildman–Crippen LogP) is 4.81. The first-order valence-electron chi connectivity index (χ1n) is 7.62. The largest absolute Gasteiger partial charge is 0.482 e. The second-order valence-electron chi connectivity index (χ2n) is 4.94. The number of hydrogen-bond donors (Lipinski definition) is 1. The van der Waals surface area contributed by atoms with Gasteiger partial charge in [-0.3, -0.25) is 4.79 Å². The highest BCUT2D eigenvalue weighted by molar-refractivity contribution is 7.16. The van der Waals surface area contributed by atoms with E-state index in [1.807, 2.05) is 6.92 Å². The molecule has 0 fully saturated rings. The molecule has 0 saturated carbocycles. The van der Waals surface area contributed by atoms with Crippen LogP contribution in [0.1, 0.15) is 29.1 Å². The van der Waals surface area contributed by atoms with E-state index in [9.17, 15) is 9.59 Å². The maximum atomic E-state index is 12.1. The fourth-order valence-electron chi connectivity index (χ4n) is 1.97. The van der Waals surface area contributed by atoms with Gasteiger partial charge in [0.1, 0.15) is 10.8 Å². The molecular formula is C17H17Cl2NO4S. The summed E-state index contributed by atoms with van der Waals surface area (Å²) in [6.07, 6.45) is 0.754. The van der Waals surface area contributed by atoms with Crippen molar-refractivity contribution in [3.05, 3.63) is 44.8 Å². The molecule has 0 radical (unpaired) electrons. The Hall–Kier alpha value is -1.76. The first-order valence-corrected chi connectivity index (χ1v) is 9.19. The highest BCUT2D eigenvalue weighted by Crippen LogP contribution is 2.30. The lowest BCUT2D eigenvalue weighted by Crippen LogP contribution is -2.21. The van der Waals surface area contributed by atoms with Crippen LogP contribution < -0.4 is 10.1 Å². The third-order valence-electron chi connectivity index (χ3n) is 3.13. The second-order valence-corrected chi connectivity index (χ2v) is 6.92. The van der Waals surface area contributed by atoms with Crippen molar-refractivity contribution in [3.63, 3.8) is 0 Å². The molecule has 1 N–H and O–H groups in total. The zero-order valence-corrected chi connectivity index (χ0v) is 16.1. The SMILES string of the molecule is CCOC(=O)c1cc(CC)sc1NC(=O)COc1ccc(Cl)cc1Cl. The zero-order valence-electron chi connectivity index (χ0n) is 13.7. The summed E-state index contributed by atoms with van der Waals surface area (Å²) < 4.78 is 10.4. The van der Waals surface area contributed by atoms with E-state index in [0.717, 1.165) is 11.3 Å². The topological polar surface area (TPSA) is 64.6 Å². The number of carbonyl (C=O) groups excluding carboxylic acids is 2. The number of benzene rings is 1. The minimum absolute atomic E-state index is 0.247. The number of aryl methyl sites for hydroxylation is 1. The summed E-state index contributed by atoms with van der Waals surface area (Å²) in [5.74, 6) is -0.510. The molecule has 1 aromatic heterocycles. The van der Waals surface area contributed by atoms with Gasteiger partial charge in [0, 0.05) is 9.90 Å². The minimum Gasteiger partial charge on any atom is -0.482 e. The van der Waals surface area contributed by atoms with Gasteiger partial charge in [-0.15, -0.1) is 11.3 Å². The first kappa shape index (κ1) is 19.6. The van der Waals surface area contributed by atoms with E-state index in [4.69, 9.17) is 32.7 Å². The Kier molecular flexibility index (Phi) is 7.11. The molecule has 0 aliphatic rings. The standard InChI is InChI=1S/C17H17Cl2NO4S/c1-3-11-8-12(17(22)23-4-2)16(25-11)20-15(21)9-24-14-6-5-10(18)7-13(14)19/h5-8H,3-4,9H2,1-2H3,(H,20,21). The van der Waals surface area contributed by atoms with Crippen molar-refractivity contribution in [1.82, 2.24) is 0 Å². The zero-order chi connectivity index (χ0) is 18.4. The number of ether oxygens (including phenoxy) is 2. The molecule has 2 aromatic rings. The smallest absolute Gasteiger partial charge is 0.341 e. The molecule has 0 spiro atoms. The van der Waals surface area contributed by atoms with Crippen molar-refractivity contribution < 1.29 is 19.1 Å². The van der Waals surface area contributed by atoms with Crippen LogP contribution in [0.25, 0.3) is 0 Å². The number of thiophene rings is 1. The Morgan fingerprint density at radius 3 is 2.60 bits per heavy atom. The van der Waals surface area contributed by atoms with E-state index < -0.39 is 11.9 Å². The Morgan fingerprint density at radius 1 is 1.20 bits per heavy atom. The van der Waals surface area contributed by atoms with Gasteiger partial charge in [-0.1, -0.05) is 30.1 Å². The van der Waals surface area contributed by atoms with E-state index >= 15 is 0 Å². The number of hydrogen-bond acceptors (Lipinski definition) is 5. The molecule has 0 aliphatic heterocycles. The summed E-state index contributed by atoms with van der Waals surface area (Å²) in [5.41, 5.74) is 0.349. The number of nitrogens with one attached hydrogen (secondary N) is 1. The van der Waals surface area contributed by atoms with E-state index in [1.54, 1.807) is 25.1 Å². The lowest BCUT2D eigenvalue weighted by molar-refractivity contribution is -0.118. The van der Waals surface area contributed by atoms with Crippen LogP contribution in [0, 0.1) is 0 Å². The molecule has 8 heteroatoms. The Bertz CT molecular complexity index is 776. The summed E-state index contributed by atoms with van der Waals surface area (Å²) in [6, 6.07) is 6.46. The molecule has 0 atom stereocenters. The molecule has 5 nitrogen and oxygen atoms in total. The average Bonchev–Trinajstić information content (AvgIpc) is 2.97. The summed E-state index contributed by atoms with van der Waals surface area (Å²) in [7, 11) is 0. The Labute approximate surface area is 159 Å². The van der Waals surface area contributed by atoms with E-state index in [2.05, 4.69) is 5.32 Å². The third kappa shape index (κ3) is 5.36. The molecule has 0 saturated heterocycles. The number of anilines is 1. The number of rotatable bonds is 7. The van der Waals surface area contributed by atoms with E-state index in [0.29, 0.717) is 26.4 Å². The van der Waals surface area contributed by atoms with Gasteiger partial charge in [-0.05, 0) is 37.6 Å². The van der Waals surface area contributed by atoms with Crippen molar-refractivity contribution in [2.75, 3.05) is 18.5 Å². The fourth-order valence-corrected chi connectivity index (χ4v) is 3.43. The highest BCUT2D eigenvalue weighted by atomic mass is 35.5. The lowest BCUT2D eigenvalue weighted by atomic mass is 10.2. The number of amides is 1. The molecular weight excluding hydrogens is 385 g/mol. The van der Waals surface area contributed by atoms with Crippen LogP contribution in [0.3, 0.4) is 0 Å². The van der Waals surface area contributed by atoms with Crippen molar-refractivity contribution in [2.24, 2.45) is 0 Å². The molecule has 0 bridgehead atoms. The first-order chi connectivity index (χ1) is 11.9. The minimum atomic E-state index is -0.463. The fraction of sp³-hybridized carbons (Fsp3) is 0.294. The third-order valence-corrected chi connectivity index (χ3v) is 4.86. The summed E-state index contributed by atoms with van der Waals surface area (Å²) in [6.45, 7) is 3.72. The predicted molar refractivity (Wildman–Crippen MR) is 100 cm³/mol. The van der Waals surface area contributed by atoms with Gasteiger partial charge in [0.05, 0.1) is 17.2 Å². The van der Waals surface area contributed by atoms with Crippen LogP contribution in [0.2, 0.25) is 10.0 Å². The van der Waals surface area contributed by atoms with Gasteiger partial charge in [-0.2, -0.15) is 0 Å². The van der Waals surface area contributed by atoms with Gasteiger partial charge < -0.3 is 14.8 Å². The second kappa shape index (κ2) is 9.08. The van der Waals surface area contributed by atoms with Crippen LogP contribution in [0.5, 0.6) is 5.75 Å². The van der Waals surface area contributed by atoms with Crippen LogP contribution >= 0.6 is 34.5 Å². The van der Waals surface area contributed by atoms with E-state index in [1.165, 1.54) is 17.4 Å². The van der Waals surface area contributed by atoms with Crippen LogP contribution in [0.4, 0.5) is 5.00 Å². The summed E-state index contributed by atoms with van der Waals surface area (Å²) >= 11 is 13.1. The monoisotopic (exact) mass is 401 g/mol. The van der Waals surface area contributed by atoms with Gasteiger partial charge in [0.25, 0.3) is 5.91 Å². The highest BCUT2D eigenvalue weighted by Gasteiger charge is 2.19. The van der Waals surface area contributed by atoms with Crippen molar-refractivity contribution in [1.29, 1.82) is 0 Å². The van der Waals surface area contributed by atoms with Crippen LogP contribution in [0.15, 0.2) is 24.3 Å². The summed E-state index contributed by atoms with van der Waals surface area (Å²) in [4.78, 5) is 25.1. The van der Waals surface area contributed by atoms with Gasteiger partial charge in [0.15, 0.2) is 6.61 Å². The molecule has 0 unspecified atom stereocenters. The van der Waals surface area contributed by atoms with Crippen molar-refractivity contribution in [3.8, 4) is 5.75 Å². The van der Waals surface area contributed by atoms with Crippen LogP contribution in [-0.2, 0) is 16.0 Å². The normalized spacial score (nSPS) is 10.4. The maximum absolute atomic E-state index is 12.1. The number of carbonyl (C=O) groups is 2. The number of esters is 1. The molecule has 1 aromatic carbocycles. The molecule has 134 valence electrons. The number of halogens is 2. The molecule has 1 heterocycles. The van der Waals surface area contributed by atoms with Gasteiger partial charge in [0.2, 0.25) is 0 Å². The molecule has 25 heavy (non-hydrogen) atoms. The summed E-state index contributed by atoms with van der Waals surface area (Å²) in [5, 5.41) is 3.94. The lowest BCUT2D eigenvalue weighted by Gasteiger charge is -2.09.